The van der Waals surface area contributed by atoms with Crippen LogP contribution in [-0.4, -0.2) is 34.2 Å². The second-order valence-corrected chi connectivity index (χ2v) is 6.87. The lowest BCUT2D eigenvalue weighted by molar-refractivity contribution is 0.0792. The smallest absolute Gasteiger partial charge is 0.147 e. The van der Waals surface area contributed by atoms with Gasteiger partial charge >= 0.3 is 0 Å². The summed E-state index contributed by atoms with van der Waals surface area (Å²) in [6.45, 7) is 3.45. The van der Waals surface area contributed by atoms with Crippen LogP contribution in [0.1, 0.15) is 24.0 Å². The van der Waals surface area contributed by atoms with E-state index in [2.05, 4.69) is 39.5 Å². The number of likely N-dealkylation sites (tertiary alicyclic amines) is 1. The van der Waals surface area contributed by atoms with Gasteiger partial charge in [0.1, 0.15) is 5.15 Å². The number of halogens is 2. The van der Waals surface area contributed by atoms with Gasteiger partial charge in [-0.2, -0.15) is 0 Å². The Morgan fingerprint density at radius 2 is 1.83 bits per heavy atom. The van der Waals surface area contributed by atoms with Gasteiger partial charge in [-0.15, -0.1) is 0 Å². The molecule has 1 aromatic heterocycles. The Hall–Kier alpha value is -1.33. The molecule has 24 heavy (non-hydrogen) atoms. The minimum Gasteiger partial charge on any atom is -0.393 e. The van der Waals surface area contributed by atoms with E-state index in [0.29, 0.717) is 16.7 Å². The Labute approximate surface area is 152 Å². The van der Waals surface area contributed by atoms with Crippen molar-refractivity contribution in [1.82, 2.24) is 9.88 Å². The molecule has 4 nitrogen and oxygen atoms in total. The fourth-order valence-electron chi connectivity index (χ4n) is 2.85. The summed E-state index contributed by atoms with van der Waals surface area (Å²) in [4.78, 5) is 6.33. The number of aliphatic hydroxyl groups excluding tert-OH is 1. The van der Waals surface area contributed by atoms with Crippen LogP contribution in [0.3, 0.4) is 0 Å². The number of hydrogen-bond acceptors (Lipinski definition) is 4. The van der Waals surface area contributed by atoms with Crippen molar-refractivity contribution < 1.29 is 5.11 Å². The number of pyridine rings is 1. The van der Waals surface area contributed by atoms with Crippen molar-refractivity contribution in [3.05, 3.63) is 57.8 Å². The maximum atomic E-state index is 9.56. The topological polar surface area (TPSA) is 48.4 Å². The van der Waals surface area contributed by atoms with Gasteiger partial charge in [0, 0.05) is 38.1 Å². The molecule has 1 fully saturated rings. The summed E-state index contributed by atoms with van der Waals surface area (Å²) < 4.78 is 0. The van der Waals surface area contributed by atoms with Crippen molar-refractivity contribution in [2.45, 2.75) is 32.0 Å². The molecule has 2 heterocycles. The highest BCUT2D eigenvalue weighted by Gasteiger charge is 2.16. The molecule has 6 heteroatoms. The molecular formula is C18H21Cl2N3O. The predicted molar refractivity (Wildman–Crippen MR) is 98.5 cm³/mol. The molecule has 1 aliphatic heterocycles. The number of benzene rings is 1. The zero-order valence-corrected chi connectivity index (χ0v) is 14.9. The lowest BCUT2D eigenvalue weighted by Gasteiger charge is -2.29. The van der Waals surface area contributed by atoms with Gasteiger partial charge in [-0.05, 0) is 42.2 Å². The van der Waals surface area contributed by atoms with E-state index in [4.69, 9.17) is 23.2 Å². The molecule has 0 unspecified atom stereocenters. The lowest BCUT2D eigenvalue weighted by Crippen LogP contribution is -2.35. The van der Waals surface area contributed by atoms with Crippen molar-refractivity contribution in [1.29, 1.82) is 0 Å². The third-order valence-corrected chi connectivity index (χ3v) is 5.13. The molecule has 0 saturated carbocycles. The number of aliphatic hydroxyl groups is 1. The van der Waals surface area contributed by atoms with Gasteiger partial charge in [-0.1, -0.05) is 35.3 Å². The highest BCUT2D eigenvalue weighted by molar-refractivity contribution is 6.41. The van der Waals surface area contributed by atoms with E-state index in [0.717, 1.165) is 43.7 Å². The van der Waals surface area contributed by atoms with E-state index in [1.807, 2.05) is 6.07 Å². The molecule has 2 aromatic rings. The van der Waals surface area contributed by atoms with Gasteiger partial charge in [0.2, 0.25) is 0 Å². The van der Waals surface area contributed by atoms with Crippen LogP contribution >= 0.6 is 23.2 Å². The zero-order valence-electron chi connectivity index (χ0n) is 13.4. The third kappa shape index (κ3) is 4.61. The largest absolute Gasteiger partial charge is 0.393 e. The van der Waals surface area contributed by atoms with E-state index in [1.54, 1.807) is 6.20 Å². The first kappa shape index (κ1) is 17.5. The van der Waals surface area contributed by atoms with Crippen LogP contribution in [-0.2, 0) is 13.1 Å². The summed E-state index contributed by atoms with van der Waals surface area (Å²) in [7, 11) is 0. The van der Waals surface area contributed by atoms with E-state index >= 15 is 0 Å². The molecule has 0 aliphatic carbocycles. The van der Waals surface area contributed by atoms with Crippen molar-refractivity contribution in [2.75, 3.05) is 18.4 Å². The van der Waals surface area contributed by atoms with Gasteiger partial charge in [-0.25, -0.2) is 4.98 Å². The summed E-state index contributed by atoms with van der Waals surface area (Å²) in [5, 5.41) is 13.7. The maximum Gasteiger partial charge on any atom is 0.147 e. The number of rotatable bonds is 5. The van der Waals surface area contributed by atoms with Gasteiger partial charge in [0.25, 0.3) is 0 Å². The Bertz CT molecular complexity index is 670. The van der Waals surface area contributed by atoms with Crippen LogP contribution in [0, 0.1) is 0 Å². The Morgan fingerprint density at radius 3 is 2.54 bits per heavy atom. The summed E-state index contributed by atoms with van der Waals surface area (Å²) in [6, 6.07) is 10.3. The van der Waals surface area contributed by atoms with Gasteiger partial charge < -0.3 is 10.4 Å². The first-order valence-corrected chi connectivity index (χ1v) is 8.89. The molecule has 1 aromatic carbocycles. The van der Waals surface area contributed by atoms with Crippen molar-refractivity contribution in [3.8, 4) is 0 Å². The standard InChI is InChI=1S/C18H21Cl2N3O/c19-17-14(5-8-21-18(17)20)11-22-15-3-1-13(2-4-15)12-23-9-6-16(24)7-10-23/h1-5,8,16,22,24H,6-7,9-12H2. The zero-order chi connectivity index (χ0) is 16.9. The molecule has 128 valence electrons. The van der Waals surface area contributed by atoms with E-state index in [9.17, 15) is 5.11 Å². The van der Waals surface area contributed by atoms with Crippen molar-refractivity contribution in [3.63, 3.8) is 0 Å². The highest BCUT2D eigenvalue weighted by atomic mass is 35.5. The minimum atomic E-state index is -0.124. The van der Waals surface area contributed by atoms with Crippen LogP contribution in [0.5, 0.6) is 0 Å². The molecule has 2 N–H and O–H groups in total. The molecule has 0 atom stereocenters. The molecule has 0 spiro atoms. The fourth-order valence-corrected chi connectivity index (χ4v) is 3.21. The third-order valence-electron chi connectivity index (χ3n) is 4.33. The van der Waals surface area contributed by atoms with Gasteiger partial charge in [0.15, 0.2) is 0 Å². The predicted octanol–water partition coefficient (Wildman–Crippen LogP) is 3.96. The molecule has 1 aliphatic rings. The normalized spacial score (nSPS) is 16.3. The number of piperidine rings is 1. The number of nitrogens with zero attached hydrogens (tertiary/aromatic N) is 2. The van der Waals surface area contributed by atoms with Gasteiger partial charge in [0.05, 0.1) is 11.1 Å². The van der Waals surface area contributed by atoms with Crippen LogP contribution < -0.4 is 5.32 Å². The summed E-state index contributed by atoms with van der Waals surface area (Å²) in [5.74, 6) is 0. The molecule has 0 amide bonds. The fraction of sp³-hybridized carbons (Fsp3) is 0.389. The van der Waals surface area contributed by atoms with Gasteiger partial charge in [-0.3, -0.25) is 4.90 Å². The average molecular weight is 366 g/mol. The van der Waals surface area contributed by atoms with Crippen LogP contribution in [0.4, 0.5) is 5.69 Å². The van der Waals surface area contributed by atoms with E-state index in [-0.39, 0.29) is 6.10 Å². The number of hydrogen-bond donors (Lipinski definition) is 2. The quantitative estimate of drug-likeness (QED) is 0.787. The monoisotopic (exact) mass is 365 g/mol. The summed E-state index contributed by atoms with van der Waals surface area (Å²) in [6.07, 6.45) is 3.27. The first-order chi connectivity index (χ1) is 11.6. The number of aromatic nitrogens is 1. The maximum absolute atomic E-state index is 9.56. The lowest BCUT2D eigenvalue weighted by atomic mass is 10.1. The minimum absolute atomic E-state index is 0.124. The van der Waals surface area contributed by atoms with Crippen LogP contribution in [0.2, 0.25) is 10.2 Å². The SMILES string of the molecule is OC1CCN(Cc2ccc(NCc3ccnc(Cl)c3Cl)cc2)CC1. The second kappa shape index (κ2) is 8.17. The number of anilines is 1. The number of nitrogens with one attached hydrogen (secondary N) is 1. The first-order valence-electron chi connectivity index (χ1n) is 8.14. The van der Waals surface area contributed by atoms with Crippen LogP contribution in [0.25, 0.3) is 0 Å². The molecular weight excluding hydrogens is 345 g/mol. The highest BCUT2D eigenvalue weighted by Crippen LogP contribution is 2.24. The Kier molecular flexibility index (Phi) is 5.95. The molecule has 0 radical (unpaired) electrons. The Balaban J connectivity index is 1.54. The van der Waals surface area contributed by atoms with Crippen molar-refractivity contribution >= 4 is 28.9 Å². The molecule has 3 rings (SSSR count). The van der Waals surface area contributed by atoms with Crippen molar-refractivity contribution in [2.24, 2.45) is 0 Å². The van der Waals surface area contributed by atoms with Crippen LogP contribution in [0.15, 0.2) is 36.5 Å². The molecule has 0 bridgehead atoms. The van der Waals surface area contributed by atoms with E-state index in [1.165, 1.54) is 5.56 Å². The summed E-state index contributed by atoms with van der Waals surface area (Å²) >= 11 is 12.1. The molecule has 1 saturated heterocycles. The van der Waals surface area contributed by atoms with E-state index < -0.39 is 0 Å². The second-order valence-electron chi connectivity index (χ2n) is 6.13. The summed E-state index contributed by atoms with van der Waals surface area (Å²) in [5.41, 5.74) is 3.24. The Morgan fingerprint density at radius 1 is 1.12 bits per heavy atom. The average Bonchev–Trinajstić information content (AvgIpc) is 2.59.